The fraction of sp³-hybridized carbons (Fsp3) is 1.00. The van der Waals surface area contributed by atoms with Gasteiger partial charge in [-0.15, -0.1) is 0 Å². The van der Waals surface area contributed by atoms with E-state index in [9.17, 15) is 5.11 Å². The van der Waals surface area contributed by atoms with Crippen LogP contribution in [0.15, 0.2) is 0 Å². The van der Waals surface area contributed by atoms with E-state index in [0.29, 0.717) is 12.8 Å². The zero-order valence-electron chi connectivity index (χ0n) is 9.46. The Hall–Kier alpha value is -0.120. The smallest absolute Gasteiger partial charge is 0.197 e. The second-order valence-corrected chi connectivity index (χ2v) is 5.24. The van der Waals surface area contributed by atoms with Gasteiger partial charge in [0.05, 0.1) is 11.7 Å². The van der Waals surface area contributed by atoms with Gasteiger partial charge in [-0.25, -0.2) is 0 Å². The molecule has 0 radical (unpaired) electrons. The van der Waals surface area contributed by atoms with Gasteiger partial charge in [-0.05, 0) is 20.8 Å². The SMILES string of the molecule is CC[C@]12O[C@@H](C)C[C@](C)(C[C@]1(C)O)O2. The number of rotatable bonds is 1. The molecular weight excluding hydrogens is 180 g/mol. The molecule has 4 atom stereocenters. The fourth-order valence-electron chi connectivity index (χ4n) is 3.18. The second kappa shape index (κ2) is 2.71. The second-order valence-electron chi connectivity index (χ2n) is 5.24. The van der Waals surface area contributed by atoms with E-state index in [-0.39, 0.29) is 11.7 Å². The molecule has 0 aliphatic carbocycles. The Bertz CT molecular complexity index is 251. The van der Waals surface area contributed by atoms with Crippen LogP contribution in [0, 0.1) is 0 Å². The average molecular weight is 200 g/mol. The number of hydrogen-bond donors (Lipinski definition) is 1. The molecule has 2 bridgehead atoms. The minimum Gasteiger partial charge on any atom is -0.384 e. The Kier molecular flexibility index (Phi) is 2.02. The summed E-state index contributed by atoms with van der Waals surface area (Å²) >= 11 is 0. The van der Waals surface area contributed by atoms with E-state index in [0.717, 1.165) is 6.42 Å². The molecule has 0 aromatic rings. The summed E-state index contributed by atoms with van der Waals surface area (Å²) < 4.78 is 11.8. The predicted molar refractivity (Wildman–Crippen MR) is 52.9 cm³/mol. The molecular formula is C11H20O3. The summed E-state index contributed by atoms with van der Waals surface area (Å²) in [6.45, 7) is 7.93. The van der Waals surface area contributed by atoms with E-state index in [4.69, 9.17) is 9.47 Å². The van der Waals surface area contributed by atoms with Gasteiger partial charge in [-0.2, -0.15) is 0 Å². The van der Waals surface area contributed by atoms with Gasteiger partial charge in [-0.1, -0.05) is 6.92 Å². The Balaban J connectivity index is 2.38. The van der Waals surface area contributed by atoms with Crippen LogP contribution in [0.4, 0.5) is 0 Å². The maximum Gasteiger partial charge on any atom is 0.197 e. The van der Waals surface area contributed by atoms with Crippen molar-refractivity contribution in [3.63, 3.8) is 0 Å². The van der Waals surface area contributed by atoms with Gasteiger partial charge in [-0.3, -0.25) is 0 Å². The Labute approximate surface area is 85.4 Å². The first-order valence-corrected chi connectivity index (χ1v) is 5.43. The van der Waals surface area contributed by atoms with Crippen LogP contribution in [-0.2, 0) is 9.47 Å². The van der Waals surface area contributed by atoms with Gasteiger partial charge in [0.1, 0.15) is 5.60 Å². The fourth-order valence-corrected chi connectivity index (χ4v) is 3.18. The first-order valence-electron chi connectivity index (χ1n) is 5.43. The minimum atomic E-state index is -0.860. The monoisotopic (exact) mass is 200 g/mol. The van der Waals surface area contributed by atoms with E-state index in [1.54, 1.807) is 0 Å². The van der Waals surface area contributed by atoms with E-state index in [2.05, 4.69) is 6.92 Å². The lowest BCUT2D eigenvalue weighted by molar-refractivity contribution is -0.343. The predicted octanol–water partition coefficient (Wildman–Crippen LogP) is 1.83. The summed E-state index contributed by atoms with van der Waals surface area (Å²) in [7, 11) is 0. The molecule has 2 heterocycles. The number of aliphatic hydroxyl groups is 1. The molecule has 3 nitrogen and oxygen atoms in total. The van der Waals surface area contributed by atoms with Crippen LogP contribution in [-0.4, -0.2) is 28.2 Å². The quantitative estimate of drug-likeness (QED) is 0.702. The molecule has 2 aliphatic heterocycles. The van der Waals surface area contributed by atoms with Crippen LogP contribution in [0.5, 0.6) is 0 Å². The largest absolute Gasteiger partial charge is 0.384 e. The molecule has 1 N–H and O–H groups in total. The highest BCUT2D eigenvalue weighted by atomic mass is 16.7. The van der Waals surface area contributed by atoms with Crippen molar-refractivity contribution in [2.24, 2.45) is 0 Å². The molecule has 2 fully saturated rings. The average Bonchev–Trinajstić information content (AvgIpc) is 2.13. The van der Waals surface area contributed by atoms with Crippen LogP contribution in [0.3, 0.4) is 0 Å². The molecule has 14 heavy (non-hydrogen) atoms. The molecule has 0 spiro atoms. The summed E-state index contributed by atoms with van der Waals surface area (Å²) in [5, 5.41) is 10.3. The van der Waals surface area contributed by atoms with Crippen molar-refractivity contribution < 1.29 is 14.6 Å². The van der Waals surface area contributed by atoms with Crippen molar-refractivity contribution >= 4 is 0 Å². The molecule has 0 saturated carbocycles. The molecule has 3 heteroatoms. The summed E-state index contributed by atoms with van der Waals surface area (Å²) in [6.07, 6.45) is 2.39. The Morgan fingerprint density at radius 3 is 2.64 bits per heavy atom. The van der Waals surface area contributed by atoms with Gasteiger partial charge in [0.25, 0.3) is 0 Å². The zero-order chi connectivity index (χ0) is 10.6. The van der Waals surface area contributed by atoms with Crippen LogP contribution < -0.4 is 0 Å². The van der Waals surface area contributed by atoms with Gasteiger partial charge < -0.3 is 14.6 Å². The Morgan fingerprint density at radius 1 is 1.43 bits per heavy atom. The van der Waals surface area contributed by atoms with E-state index in [1.165, 1.54) is 0 Å². The van der Waals surface area contributed by atoms with Crippen molar-refractivity contribution in [1.82, 2.24) is 0 Å². The first-order chi connectivity index (χ1) is 6.33. The third kappa shape index (κ3) is 1.23. The molecule has 2 rings (SSSR count). The van der Waals surface area contributed by atoms with Crippen molar-refractivity contribution in [2.45, 2.75) is 70.1 Å². The summed E-state index contributed by atoms with van der Waals surface area (Å²) in [5.41, 5.74) is -1.07. The van der Waals surface area contributed by atoms with Crippen LogP contribution in [0.25, 0.3) is 0 Å². The van der Waals surface area contributed by atoms with Crippen molar-refractivity contribution in [1.29, 1.82) is 0 Å². The van der Waals surface area contributed by atoms with E-state index >= 15 is 0 Å². The third-order valence-corrected chi connectivity index (χ3v) is 3.53. The van der Waals surface area contributed by atoms with Gasteiger partial charge in [0.2, 0.25) is 0 Å². The summed E-state index contributed by atoms with van der Waals surface area (Å²) in [5.74, 6) is -0.778. The Morgan fingerprint density at radius 2 is 2.07 bits per heavy atom. The minimum absolute atomic E-state index is 0.169. The topological polar surface area (TPSA) is 38.7 Å². The lowest BCUT2D eigenvalue weighted by Crippen LogP contribution is -2.54. The summed E-state index contributed by atoms with van der Waals surface area (Å²) in [4.78, 5) is 0. The lowest BCUT2D eigenvalue weighted by atomic mass is 9.87. The van der Waals surface area contributed by atoms with Crippen LogP contribution >= 0.6 is 0 Å². The number of ether oxygens (including phenoxy) is 2. The highest BCUT2D eigenvalue weighted by molar-refractivity contribution is 5.07. The van der Waals surface area contributed by atoms with E-state index in [1.807, 2.05) is 20.8 Å². The maximum absolute atomic E-state index is 10.3. The van der Waals surface area contributed by atoms with Gasteiger partial charge in [0, 0.05) is 19.3 Å². The van der Waals surface area contributed by atoms with Crippen molar-refractivity contribution in [3.05, 3.63) is 0 Å². The molecule has 0 amide bonds. The normalized spacial score (nSPS) is 57.6. The lowest BCUT2D eigenvalue weighted by Gasteiger charge is -2.43. The van der Waals surface area contributed by atoms with Crippen molar-refractivity contribution in [3.8, 4) is 0 Å². The highest BCUT2D eigenvalue weighted by Gasteiger charge is 2.64. The van der Waals surface area contributed by atoms with Crippen LogP contribution in [0.2, 0.25) is 0 Å². The van der Waals surface area contributed by atoms with Crippen LogP contribution in [0.1, 0.15) is 47.0 Å². The molecule has 0 aromatic carbocycles. The number of fused-ring (bicyclic) bond motifs is 2. The molecule has 2 saturated heterocycles. The third-order valence-electron chi connectivity index (χ3n) is 3.53. The molecule has 0 unspecified atom stereocenters. The van der Waals surface area contributed by atoms with Crippen molar-refractivity contribution in [2.75, 3.05) is 0 Å². The standard InChI is InChI=1S/C11H20O3/c1-5-11-10(4,12)7-9(3,14-11)6-8(2)13-11/h8,12H,5-7H2,1-4H3/t8-,9+,10-,11+/m0/s1. The molecule has 82 valence electrons. The zero-order valence-corrected chi connectivity index (χ0v) is 9.46. The van der Waals surface area contributed by atoms with E-state index < -0.39 is 11.4 Å². The van der Waals surface area contributed by atoms with Gasteiger partial charge >= 0.3 is 0 Å². The summed E-state index contributed by atoms with van der Waals surface area (Å²) in [6, 6.07) is 0. The maximum atomic E-state index is 10.3. The first kappa shape index (κ1) is 10.4. The highest BCUT2D eigenvalue weighted by Crippen LogP contribution is 2.53. The molecule has 2 aliphatic rings. The molecule has 0 aromatic heterocycles. The number of hydrogen-bond acceptors (Lipinski definition) is 3. The van der Waals surface area contributed by atoms with Gasteiger partial charge in [0.15, 0.2) is 5.79 Å².